The normalized spacial score (nSPS) is 11.0. The van der Waals surface area contributed by atoms with Crippen LogP contribution in [0.25, 0.3) is 0 Å². The first-order valence-corrected chi connectivity index (χ1v) is 7.79. The number of nitrogens with zero attached hydrogens (tertiary/aromatic N) is 1. The van der Waals surface area contributed by atoms with E-state index in [1.807, 2.05) is 68.4 Å². The smallest absolute Gasteiger partial charge is 0.240 e. The van der Waals surface area contributed by atoms with Crippen LogP contribution in [-0.4, -0.2) is 17.5 Å². The number of hydrazone groups is 1. The third-order valence-electron chi connectivity index (χ3n) is 3.42. The number of carbonyl (C=O) groups is 2. The van der Waals surface area contributed by atoms with Gasteiger partial charge in [0.2, 0.25) is 11.8 Å². The summed E-state index contributed by atoms with van der Waals surface area (Å²) in [4.78, 5) is 23.7. The summed E-state index contributed by atoms with van der Waals surface area (Å²) < 4.78 is 0. The van der Waals surface area contributed by atoms with Crippen molar-refractivity contribution < 1.29 is 9.59 Å². The highest BCUT2D eigenvalue weighted by atomic mass is 16.2. The summed E-state index contributed by atoms with van der Waals surface area (Å²) in [7, 11) is 0. The number of carbonyl (C=O) groups excluding carboxylic acids is 2. The van der Waals surface area contributed by atoms with Gasteiger partial charge in [0.1, 0.15) is 0 Å². The molecule has 0 aliphatic heterocycles. The Kier molecular flexibility index (Phi) is 6.25. The highest BCUT2D eigenvalue weighted by molar-refractivity contribution is 5.99. The molecule has 0 bridgehead atoms. The second kappa shape index (κ2) is 8.62. The van der Waals surface area contributed by atoms with Crippen LogP contribution in [0, 0.1) is 6.92 Å². The lowest BCUT2D eigenvalue weighted by Gasteiger charge is -2.06. The second-order valence-electron chi connectivity index (χ2n) is 5.52. The van der Waals surface area contributed by atoms with Crippen LogP contribution in [0.3, 0.4) is 0 Å². The first-order valence-electron chi connectivity index (χ1n) is 7.79. The van der Waals surface area contributed by atoms with Gasteiger partial charge in [0, 0.05) is 18.5 Å². The Hall–Kier alpha value is -2.95. The fourth-order valence-corrected chi connectivity index (χ4v) is 2.12. The van der Waals surface area contributed by atoms with E-state index in [-0.39, 0.29) is 24.7 Å². The van der Waals surface area contributed by atoms with E-state index < -0.39 is 0 Å². The standard InChI is InChI=1S/C19H21N3O2/c1-14-7-6-10-17(13-14)20-18(23)11-12-19(24)22-21-15(2)16-8-4-3-5-9-16/h3-10,13H,11-12H2,1-2H3,(H,20,23)(H,22,24). The van der Waals surface area contributed by atoms with Gasteiger partial charge in [-0.3, -0.25) is 9.59 Å². The van der Waals surface area contributed by atoms with Crippen molar-refractivity contribution in [1.82, 2.24) is 5.43 Å². The summed E-state index contributed by atoms with van der Waals surface area (Å²) in [6.07, 6.45) is 0.197. The fraction of sp³-hybridized carbons (Fsp3) is 0.211. The molecule has 124 valence electrons. The van der Waals surface area contributed by atoms with Gasteiger partial charge in [0.15, 0.2) is 0 Å². The molecule has 2 aromatic rings. The highest BCUT2D eigenvalue weighted by Crippen LogP contribution is 2.10. The van der Waals surface area contributed by atoms with Gasteiger partial charge in [0.25, 0.3) is 0 Å². The number of hydrogen-bond donors (Lipinski definition) is 2. The molecule has 0 aliphatic carbocycles. The first-order chi connectivity index (χ1) is 11.5. The molecular formula is C19H21N3O2. The number of benzene rings is 2. The monoisotopic (exact) mass is 323 g/mol. The number of anilines is 1. The van der Waals surface area contributed by atoms with Gasteiger partial charge in [0.05, 0.1) is 5.71 Å². The van der Waals surface area contributed by atoms with Gasteiger partial charge >= 0.3 is 0 Å². The van der Waals surface area contributed by atoms with Crippen molar-refractivity contribution in [1.29, 1.82) is 0 Å². The number of aryl methyl sites for hydroxylation is 1. The third-order valence-corrected chi connectivity index (χ3v) is 3.42. The Morgan fingerprint density at radius 2 is 1.67 bits per heavy atom. The maximum Gasteiger partial charge on any atom is 0.240 e. The Morgan fingerprint density at radius 1 is 0.958 bits per heavy atom. The number of amides is 2. The van der Waals surface area contributed by atoms with Crippen LogP contribution in [-0.2, 0) is 9.59 Å². The van der Waals surface area contributed by atoms with E-state index in [2.05, 4.69) is 15.8 Å². The molecule has 0 spiro atoms. The lowest BCUT2D eigenvalue weighted by molar-refractivity contribution is -0.124. The molecule has 0 fully saturated rings. The van der Waals surface area contributed by atoms with Crippen molar-refractivity contribution >= 4 is 23.2 Å². The van der Waals surface area contributed by atoms with Gasteiger partial charge in [-0.25, -0.2) is 5.43 Å². The van der Waals surface area contributed by atoms with Crippen LogP contribution >= 0.6 is 0 Å². The van der Waals surface area contributed by atoms with Crippen LogP contribution in [0.1, 0.15) is 30.9 Å². The summed E-state index contributed by atoms with van der Waals surface area (Å²) in [5, 5.41) is 6.83. The topological polar surface area (TPSA) is 70.6 Å². The van der Waals surface area contributed by atoms with Crippen LogP contribution in [0.15, 0.2) is 59.7 Å². The van der Waals surface area contributed by atoms with E-state index in [0.717, 1.165) is 16.8 Å². The minimum Gasteiger partial charge on any atom is -0.326 e. The molecule has 5 heteroatoms. The van der Waals surface area contributed by atoms with Crippen molar-refractivity contribution in [3.8, 4) is 0 Å². The zero-order valence-electron chi connectivity index (χ0n) is 13.9. The summed E-state index contributed by atoms with van der Waals surface area (Å²) >= 11 is 0. The van der Waals surface area contributed by atoms with Crippen molar-refractivity contribution in [2.24, 2.45) is 5.10 Å². The molecule has 0 radical (unpaired) electrons. The van der Waals surface area contributed by atoms with E-state index in [1.165, 1.54) is 0 Å². The fourth-order valence-electron chi connectivity index (χ4n) is 2.12. The van der Waals surface area contributed by atoms with Crippen LogP contribution in [0.2, 0.25) is 0 Å². The molecule has 2 N–H and O–H groups in total. The summed E-state index contributed by atoms with van der Waals surface area (Å²) in [6, 6.07) is 17.1. The molecule has 0 unspecified atom stereocenters. The average Bonchev–Trinajstić information content (AvgIpc) is 2.58. The predicted octanol–water partition coefficient (Wildman–Crippen LogP) is 3.25. The summed E-state index contributed by atoms with van der Waals surface area (Å²) in [5.74, 6) is -0.482. The van der Waals surface area contributed by atoms with E-state index in [9.17, 15) is 9.59 Å². The molecule has 0 saturated carbocycles. The zero-order chi connectivity index (χ0) is 17.4. The molecule has 2 amide bonds. The summed E-state index contributed by atoms with van der Waals surface area (Å²) in [5.41, 5.74) is 5.93. The van der Waals surface area contributed by atoms with Gasteiger partial charge < -0.3 is 5.32 Å². The Bertz CT molecular complexity index is 739. The Morgan fingerprint density at radius 3 is 2.38 bits per heavy atom. The van der Waals surface area contributed by atoms with Gasteiger partial charge in [-0.1, -0.05) is 42.5 Å². The van der Waals surface area contributed by atoms with Crippen molar-refractivity contribution in [3.05, 3.63) is 65.7 Å². The minimum atomic E-state index is -0.287. The number of nitrogens with one attached hydrogen (secondary N) is 2. The van der Waals surface area contributed by atoms with Crippen molar-refractivity contribution in [2.45, 2.75) is 26.7 Å². The molecule has 2 aromatic carbocycles. The van der Waals surface area contributed by atoms with Gasteiger partial charge in [-0.05, 0) is 37.1 Å². The predicted molar refractivity (Wildman–Crippen MR) is 95.8 cm³/mol. The highest BCUT2D eigenvalue weighted by Gasteiger charge is 2.07. The molecule has 24 heavy (non-hydrogen) atoms. The molecule has 0 saturated heterocycles. The van der Waals surface area contributed by atoms with Crippen molar-refractivity contribution in [3.63, 3.8) is 0 Å². The SMILES string of the molecule is CC(=NNC(=O)CCC(=O)Nc1cccc(C)c1)c1ccccc1. The first kappa shape index (κ1) is 17.4. The molecule has 0 aromatic heterocycles. The second-order valence-corrected chi connectivity index (χ2v) is 5.52. The number of rotatable bonds is 6. The molecular weight excluding hydrogens is 302 g/mol. The van der Waals surface area contributed by atoms with Crippen LogP contribution in [0.5, 0.6) is 0 Å². The Labute approximate surface area is 141 Å². The van der Waals surface area contributed by atoms with E-state index >= 15 is 0 Å². The zero-order valence-corrected chi connectivity index (χ0v) is 13.9. The van der Waals surface area contributed by atoms with E-state index in [0.29, 0.717) is 5.71 Å². The van der Waals surface area contributed by atoms with Crippen LogP contribution < -0.4 is 10.7 Å². The number of hydrogen-bond acceptors (Lipinski definition) is 3. The lowest BCUT2D eigenvalue weighted by atomic mass is 10.1. The molecule has 0 atom stereocenters. The van der Waals surface area contributed by atoms with Gasteiger partial charge in [-0.15, -0.1) is 0 Å². The van der Waals surface area contributed by atoms with Crippen LogP contribution in [0.4, 0.5) is 5.69 Å². The van der Waals surface area contributed by atoms with Crippen molar-refractivity contribution in [2.75, 3.05) is 5.32 Å². The maximum absolute atomic E-state index is 11.9. The quantitative estimate of drug-likeness (QED) is 0.633. The molecule has 5 nitrogen and oxygen atoms in total. The van der Waals surface area contributed by atoms with Gasteiger partial charge in [-0.2, -0.15) is 5.10 Å². The Balaban J connectivity index is 1.77. The van der Waals surface area contributed by atoms with E-state index in [4.69, 9.17) is 0 Å². The maximum atomic E-state index is 11.9. The van der Waals surface area contributed by atoms with E-state index in [1.54, 1.807) is 0 Å². The largest absolute Gasteiger partial charge is 0.326 e. The minimum absolute atomic E-state index is 0.0865. The third kappa shape index (κ3) is 5.68. The summed E-state index contributed by atoms with van der Waals surface area (Å²) in [6.45, 7) is 3.77. The molecule has 0 aliphatic rings. The molecule has 2 rings (SSSR count). The lowest BCUT2D eigenvalue weighted by Crippen LogP contribution is -2.21. The molecule has 0 heterocycles. The average molecular weight is 323 g/mol.